The fourth-order valence-electron chi connectivity index (χ4n) is 1.70. The van der Waals surface area contributed by atoms with Crippen molar-refractivity contribution in [3.05, 3.63) is 58.1 Å². The number of nitrogens with zero attached hydrogens (tertiary/aromatic N) is 3. The average Bonchev–Trinajstić information content (AvgIpc) is 2.34. The van der Waals surface area contributed by atoms with Crippen LogP contribution in [0, 0.1) is 0 Å². The van der Waals surface area contributed by atoms with E-state index in [1.54, 1.807) is 24.7 Å². The monoisotopic (exact) mass is 281 g/mol. The molecule has 0 aliphatic heterocycles. The molecule has 0 N–H and O–H groups in total. The maximum atomic E-state index is 6.12. The molecular weight excluding hydrogens is 269 g/mol. The van der Waals surface area contributed by atoms with Gasteiger partial charge in [-0.2, -0.15) is 0 Å². The van der Waals surface area contributed by atoms with Crippen LogP contribution in [0.2, 0.25) is 10.2 Å². The summed E-state index contributed by atoms with van der Waals surface area (Å²) in [7, 11) is 2.03. The molecule has 0 aliphatic rings. The van der Waals surface area contributed by atoms with E-state index in [2.05, 4.69) is 14.9 Å². The normalized spacial score (nSPS) is 10.9. The van der Waals surface area contributed by atoms with Crippen molar-refractivity contribution < 1.29 is 0 Å². The van der Waals surface area contributed by atoms with Crippen LogP contribution in [0.15, 0.2) is 36.8 Å². The van der Waals surface area contributed by atoms with E-state index in [9.17, 15) is 0 Å². The van der Waals surface area contributed by atoms with Crippen LogP contribution in [-0.4, -0.2) is 21.9 Å². The van der Waals surface area contributed by atoms with Crippen LogP contribution in [0.1, 0.15) is 11.1 Å². The second-order valence-electron chi connectivity index (χ2n) is 4.13. The molecule has 0 saturated carbocycles. The summed E-state index contributed by atoms with van der Waals surface area (Å²) in [6.45, 7) is 1.56. The third-order valence-electron chi connectivity index (χ3n) is 2.54. The van der Waals surface area contributed by atoms with Gasteiger partial charge in [-0.1, -0.05) is 23.2 Å². The molecule has 0 saturated heterocycles. The number of halogens is 2. The van der Waals surface area contributed by atoms with E-state index in [0.717, 1.165) is 18.7 Å². The molecule has 0 unspecified atom stereocenters. The van der Waals surface area contributed by atoms with Crippen molar-refractivity contribution in [3.63, 3.8) is 0 Å². The Labute approximate surface area is 116 Å². The molecule has 94 valence electrons. The summed E-state index contributed by atoms with van der Waals surface area (Å²) >= 11 is 11.9. The van der Waals surface area contributed by atoms with Crippen LogP contribution in [0.3, 0.4) is 0 Å². The van der Waals surface area contributed by atoms with E-state index in [1.807, 2.05) is 19.2 Å². The van der Waals surface area contributed by atoms with Gasteiger partial charge < -0.3 is 0 Å². The highest BCUT2D eigenvalue weighted by molar-refractivity contribution is 6.34. The van der Waals surface area contributed by atoms with E-state index in [1.165, 1.54) is 5.56 Å². The summed E-state index contributed by atoms with van der Waals surface area (Å²) in [5, 5.41) is 1.07. The highest BCUT2D eigenvalue weighted by Gasteiger charge is 2.06. The first-order valence-electron chi connectivity index (χ1n) is 5.52. The van der Waals surface area contributed by atoms with Gasteiger partial charge in [-0.05, 0) is 30.8 Å². The van der Waals surface area contributed by atoms with Crippen molar-refractivity contribution in [2.75, 3.05) is 7.05 Å². The van der Waals surface area contributed by atoms with Crippen LogP contribution in [0.25, 0.3) is 0 Å². The number of aromatic nitrogens is 2. The fourth-order valence-corrected chi connectivity index (χ4v) is 2.12. The van der Waals surface area contributed by atoms with Gasteiger partial charge in [0.2, 0.25) is 0 Å². The van der Waals surface area contributed by atoms with Crippen molar-refractivity contribution >= 4 is 23.2 Å². The molecule has 0 amide bonds. The summed E-state index contributed by atoms with van der Waals surface area (Å²) < 4.78 is 0. The maximum Gasteiger partial charge on any atom is 0.130 e. The predicted octanol–water partition coefficient (Wildman–Crippen LogP) is 3.42. The first-order chi connectivity index (χ1) is 8.65. The van der Waals surface area contributed by atoms with Crippen molar-refractivity contribution in [1.82, 2.24) is 14.9 Å². The van der Waals surface area contributed by atoms with E-state index >= 15 is 0 Å². The first-order valence-corrected chi connectivity index (χ1v) is 6.28. The van der Waals surface area contributed by atoms with Gasteiger partial charge in [0, 0.05) is 42.3 Å². The molecule has 5 heteroatoms. The highest BCUT2D eigenvalue weighted by Crippen LogP contribution is 2.20. The van der Waals surface area contributed by atoms with E-state index in [0.29, 0.717) is 10.2 Å². The molecule has 0 bridgehead atoms. The van der Waals surface area contributed by atoms with Crippen LogP contribution in [-0.2, 0) is 13.1 Å². The van der Waals surface area contributed by atoms with Crippen LogP contribution < -0.4 is 0 Å². The van der Waals surface area contributed by atoms with Gasteiger partial charge in [0.1, 0.15) is 5.15 Å². The molecule has 0 fully saturated rings. The Bertz CT molecular complexity index is 517. The fraction of sp³-hybridized carbons (Fsp3) is 0.231. The standard InChI is InChI=1S/C13H13Cl2N3/c1-18(8-10-2-4-16-5-3-10)9-11-7-17-13(15)6-12(11)14/h2-7H,8-9H2,1H3. The van der Waals surface area contributed by atoms with Gasteiger partial charge in [-0.25, -0.2) is 4.98 Å². The first kappa shape index (κ1) is 13.3. The number of pyridine rings is 2. The maximum absolute atomic E-state index is 6.12. The van der Waals surface area contributed by atoms with Crippen LogP contribution in [0.4, 0.5) is 0 Å². The minimum absolute atomic E-state index is 0.417. The van der Waals surface area contributed by atoms with Gasteiger partial charge in [0.25, 0.3) is 0 Å². The quantitative estimate of drug-likeness (QED) is 0.805. The lowest BCUT2D eigenvalue weighted by atomic mass is 10.2. The third-order valence-corrected chi connectivity index (χ3v) is 3.10. The van der Waals surface area contributed by atoms with E-state index in [-0.39, 0.29) is 0 Å². The molecule has 3 nitrogen and oxygen atoms in total. The predicted molar refractivity (Wildman–Crippen MR) is 73.7 cm³/mol. The molecule has 0 aromatic carbocycles. The molecule has 2 rings (SSSR count). The highest BCUT2D eigenvalue weighted by atomic mass is 35.5. The van der Waals surface area contributed by atoms with Gasteiger partial charge in [-0.15, -0.1) is 0 Å². The van der Waals surface area contributed by atoms with Crippen molar-refractivity contribution in [1.29, 1.82) is 0 Å². The topological polar surface area (TPSA) is 29.0 Å². The summed E-state index contributed by atoms with van der Waals surface area (Å²) in [5.41, 5.74) is 2.18. The Balaban J connectivity index is 2.01. The zero-order valence-electron chi connectivity index (χ0n) is 9.98. The van der Waals surface area contributed by atoms with Crippen LogP contribution in [0.5, 0.6) is 0 Å². The molecule has 0 radical (unpaired) electrons. The zero-order valence-corrected chi connectivity index (χ0v) is 11.5. The summed E-state index contributed by atoms with van der Waals surface area (Å²) in [4.78, 5) is 10.2. The Morgan fingerprint density at radius 3 is 2.56 bits per heavy atom. The van der Waals surface area contributed by atoms with E-state index in [4.69, 9.17) is 23.2 Å². The average molecular weight is 282 g/mol. The van der Waals surface area contributed by atoms with Gasteiger partial charge >= 0.3 is 0 Å². The Morgan fingerprint density at radius 1 is 1.17 bits per heavy atom. The van der Waals surface area contributed by atoms with Gasteiger partial charge in [0.15, 0.2) is 0 Å². The second-order valence-corrected chi connectivity index (χ2v) is 4.92. The number of hydrogen-bond donors (Lipinski definition) is 0. The Hall–Kier alpha value is -1.16. The minimum atomic E-state index is 0.417. The lowest BCUT2D eigenvalue weighted by molar-refractivity contribution is 0.318. The van der Waals surface area contributed by atoms with Gasteiger partial charge in [-0.3, -0.25) is 9.88 Å². The van der Waals surface area contributed by atoms with Gasteiger partial charge in [0.05, 0.1) is 0 Å². The minimum Gasteiger partial charge on any atom is -0.298 e. The van der Waals surface area contributed by atoms with Crippen molar-refractivity contribution in [3.8, 4) is 0 Å². The summed E-state index contributed by atoms with van der Waals surface area (Å²) in [5.74, 6) is 0. The summed E-state index contributed by atoms with van der Waals surface area (Å²) in [6, 6.07) is 5.66. The summed E-state index contributed by atoms with van der Waals surface area (Å²) in [6.07, 6.45) is 5.30. The smallest absolute Gasteiger partial charge is 0.130 e. The number of hydrogen-bond acceptors (Lipinski definition) is 3. The molecule has 2 aromatic rings. The molecule has 18 heavy (non-hydrogen) atoms. The SMILES string of the molecule is CN(Cc1ccncc1)Cc1cnc(Cl)cc1Cl. The molecule has 2 aromatic heterocycles. The molecule has 2 heterocycles. The number of rotatable bonds is 4. The molecule has 0 aliphatic carbocycles. The van der Waals surface area contributed by atoms with Crippen LogP contribution >= 0.6 is 23.2 Å². The molecular formula is C13H13Cl2N3. The lowest BCUT2D eigenvalue weighted by Gasteiger charge is -2.17. The molecule has 0 spiro atoms. The molecule has 0 atom stereocenters. The largest absolute Gasteiger partial charge is 0.298 e. The van der Waals surface area contributed by atoms with Crippen molar-refractivity contribution in [2.24, 2.45) is 0 Å². The lowest BCUT2D eigenvalue weighted by Crippen LogP contribution is -2.17. The second kappa shape index (κ2) is 6.14. The van der Waals surface area contributed by atoms with Crippen molar-refractivity contribution in [2.45, 2.75) is 13.1 Å². The third kappa shape index (κ3) is 3.67. The zero-order chi connectivity index (χ0) is 13.0. The Kier molecular flexibility index (Phi) is 4.53. The van der Waals surface area contributed by atoms with E-state index < -0.39 is 0 Å². The Morgan fingerprint density at radius 2 is 1.89 bits per heavy atom.